The van der Waals surface area contributed by atoms with Crippen LogP contribution in [-0.4, -0.2) is 61.4 Å². The van der Waals surface area contributed by atoms with Crippen molar-refractivity contribution in [3.8, 4) is 0 Å². The Labute approximate surface area is 102 Å². The molecule has 0 aromatic heterocycles. The molecule has 1 heterocycles. The number of nitrogens with one attached hydrogen (secondary N) is 1. The van der Waals surface area contributed by atoms with E-state index in [1.165, 1.54) is 0 Å². The van der Waals surface area contributed by atoms with Crippen molar-refractivity contribution in [2.45, 2.75) is 31.5 Å². The molecule has 0 aromatic rings. The second kappa shape index (κ2) is 5.80. The summed E-state index contributed by atoms with van der Waals surface area (Å²) in [4.78, 5) is 13.7. The van der Waals surface area contributed by atoms with Crippen LogP contribution in [0, 0.1) is 5.92 Å². The maximum atomic E-state index is 11.9. The number of nitrogens with zero attached hydrogens (tertiary/aromatic N) is 1. The largest absolute Gasteiger partial charge is 0.393 e. The predicted octanol–water partition coefficient (Wildman–Crippen LogP) is -0.406. The molecule has 17 heavy (non-hydrogen) atoms. The molecule has 0 radical (unpaired) electrons. The summed E-state index contributed by atoms with van der Waals surface area (Å²) < 4.78 is 5.51. The van der Waals surface area contributed by atoms with E-state index in [-0.39, 0.29) is 18.1 Å². The summed E-state index contributed by atoms with van der Waals surface area (Å²) in [7, 11) is 1.84. The van der Waals surface area contributed by atoms with Gasteiger partial charge in [0.2, 0.25) is 5.91 Å². The number of carbonyl (C=O) groups is 1. The molecule has 2 N–H and O–H groups in total. The third-order valence-corrected chi connectivity index (χ3v) is 3.58. The van der Waals surface area contributed by atoms with Crippen molar-refractivity contribution in [2.24, 2.45) is 5.92 Å². The third-order valence-electron chi connectivity index (χ3n) is 3.58. The summed E-state index contributed by atoms with van der Waals surface area (Å²) in [5.41, 5.74) is 0. The van der Waals surface area contributed by atoms with Gasteiger partial charge >= 0.3 is 0 Å². The van der Waals surface area contributed by atoms with Crippen molar-refractivity contribution in [3.05, 3.63) is 0 Å². The standard InChI is InChI=1S/C12H22N2O3/c1-14(8-9-4-10(15)5-9)12(16)6-11-7-13-2-3-17-11/h9-11,13,15H,2-8H2,1H3. The molecule has 2 rings (SSSR count). The van der Waals surface area contributed by atoms with Gasteiger partial charge in [-0.25, -0.2) is 0 Å². The quantitative estimate of drug-likeness (QED) is 0.704. The Hall–Kier alpha value is -0.650. The van der Waals surface area contributed by atoms with Gasteiger partial charge in [0.1, 0.15) is 0 Å². The summed E-state index contributed by atoms with van der Waals surface area (Å²) in [5, 5.41) is 12.4. The Morgan fingerprint density at radius 2 is 2.29 bits per heavy atom. The summed E-state index contributed by atoms with van der Waals surface area (Å²) in [6.07, 6.45) is 2.00. The van der Waals surface area contributed by atoms with Crippen LogP contribution in [0.4, 0.5) is 0 Å². The lowest BCUT2D eigenvalue weighted by Gasteiger charge is -2.35. The normalized spacial score (nSPS) is 32.9. The molecule has 1 aliphatic heterocycles. The van der Waals surface area contributed by atoms with Crippen LogP contribution >= 0.6 is 0 Å². The van der Waals surface area contributed by atoms with Gasteiger partial charge < -0.3 is 20.1 Å². The number of rotatable bonds is 4. The molecule has 5 nitrogen and oxygen atoms in total. The minimum Gasteiger partial charge on any atom is -0.393 e. The molecular formula is C12H22N2O3. The number of amides is 1. The Bertz CT molecular complexity index is 260. The monoisotopic (exact) mass is 242 g/mol. The van der Waals surface area contributed by atoms with Gasteiger partial charge in [0.15, 0.2) is 0 Å². The highest BCUT2D eigenvalue weighted by molar-refractivity contribution is 5.76. The van der Waals surface area contributed by atoms with Gasteiger partial charge in [-0.3, -0.25) is 4.79 Å². The Balaban J connectivity index is 1.67. The minimum atomic E-state index is -0.144. The van der Waals surface area contributed by atoms with Crippen molar-refractivity contribution < 1.29 is 14.6 Å². The fraction of sp³-hybridized carbons (Fsp3) is 0.917. The maximum absolute atomic E-state index is 11.9. The molecule has 1 saturated heterocycles. The first-order valence-electron chi connectivity index (χ1n) is 6.39. The first kappa shape index (κ1) is 12.8. The average Bonchev–Trinajstić information content (AvgIpc) is 2.28. The van der Waals surface area contributed by atoms with E-state index in [1.54, 1.807) is 4.90 Å². The first-order chi connectivity index (χ1) is 8.15. The molecule has 0 bridgehead atoms. The molecule has 1 atom stereocenters. The van der Waals surface area contributed by atoms with E-state index in [2.05, 4.69) is 5.32 Å². The van der Waals surface area contributed by atoms with Crippen LogP contribution in [0.25, 0.3) is 0 Å². The summed E-state index contributed by atoms with van der Waals surface area (Å²) in [6, 6.07) is 0. The van der Waals surface area contributed by atoms with Gasteiger partial charge in [-0.1, -0.05) is 0 Å². The van der Waals surface area contributed by atoms with Crippen LogP contribution in [-0.2, 0) is 9.53 Å². The highest BCUT2D eigenvalue weighted by Gasteiger charge is 2.29. The van der Waals surface area contributed by atoms with Gasteiger partial charge in [0.25, 0.3) is 0 Å². The van der Waals surface area contributed by atoms with Crippen molar-refractivity contribution in [1.82, 2.24) is 10.2 Å². The molecule has 0 aromatic carbocycles. The van der Waals surface area contributed by atoms with E-state index in [9.17, 15) is 9.90 Å². The van der Waals surface area contributed by atoms with E-state index in [1.807, 2.05) is 7.05 Å². The fourth-order valence-electron chi connectivity index (χ4n) is 2.44. The van der Waals surface area contributed by atoms with Gasteiger partial charge in [-0.2, -0.15) is 0 Å². The number of ether oxygens (including phenoxy) is 1. The molecule has 0 spiro atoms. The number of hydrogen-bond donors (Lipinski definition) is 2. The maximum Gasteiger partial charge on any atom is 0.224 e. The van der Waals surface area contributed by atoms with E-state index in [0.29, 0.717) is 18.9 Å². The van der Waals surface area contributed by atoms with Crippen molar-refractivity contribution in [2.75, 3.05) is 33.3 Å². The zero-order valence-electron chi connectivity index (χ0n) is 10.4. The molecular weight excluding hydrogens is 220 g/mol. The topological polar surface area (TPSA) is 61.8 Å². The average molecular weight is 242 g/mol. The first-order valence-corrected chi connectivity index (χ1v) is 6.39. The molecule has 1 amide bonds. The number of carbonyl (C=O) groups excluding carboxylic acids is 1. The fourth-order valence-corrected chi connectivity index (χ4v) is 2.44. The molecule has 2 fully saturated rings. The Kier molecular flexibility index (Phi) is 4.36. The summed E-state index contributed by atoms with van der Waals surface area (Å²) in [5.74, 6) is 0.615. The summed E-state index contributed by atoms with van der Waals surface area (Å²) in [6.45, 7) is 3.09. The highest BCUT2D eigenvalue weighted by atomic mass is 16.5. The van der Waals surface area contributed by atoms with Crippen molar-refractivity contribution in [1.29, 1.82) is 0 Å². The SMILES string of the molecule is CN(CC1CC(O)C1)C(=O)CC1CNCCO1. The smallest absolute Gasteiger partial charge is 0.224 e. The lowest BCUT2D eigenvalue weighted by molar-refractivity contribution is -0.135. The number of hydrogen-bond acceptors (Lipinski definition) is 4. The lowest BCUT2D eigenvalue weighted by atomic mass is 9.82. The lowest BCUT2D eigenvalue weighted by Crippen LogP contribution is -2.44. The van der Waals surface area contributed by atoms with Crippen LogP contribution in [0.1, 0.15) is 19.3 Å². The van der Waals surface area contributed by atoms with E-state index in [0.717, 1.165) is 32.5 Å². The zero-order valence-corrected chi connectivity index (χ0v) is 10.4. The Morgan fingerprint density at radius 3 is 2.88 bits per heavy atom. The van der Waals surface area contributed by atoms with Crippen LogP contribution < -0.4 is 5.32 Å². The number of aliphatic hydroxyl groups is 1. The van der Waals surface area contributed by atoms with Crippen molar-refractivity contribution >= 4 is 5.91 Å². The molecule has 98 valence electrons. The van der Waals surface area contributed by atoms with E-state index in [4.69, 9.17) is 4.74 Å². The van der Waals surface area contributed by atoms with E-state index >= 15 is 0 Å². The minimum absolute atomic E-state index is 0.0191. The number of aliphatic hydroxyl groups excluding tert-OH is 1. The van der Waals surface area contributed by atoms with Gasteiger partial charge in [0, 0.05) is 26.7 Å². The van der Waals surface area contributed by atoms with Crippen LogP contribution in [0.2, 0.25) is 0 Å². The Morgan fingerprint density at radius 1 is 1.53 bits per heavy atom. The van der Waals surface area contributed by atoms with Crippen LogP contribution in [0.5, 0.6) is 0 Å². The molecule has 1 saturated carbocycles. The molecule has 1 unspecified atom stereocenters. The second-order valence-corrected chi connectivity index (χ2v) is 5.17. The predicted molar refractivity (Wildman–Crippen MR) is 63.6 cm³/mol. The second-order valence-electron chi connectivity index (χ2n) is 5.17. The molecule has 1 aliphatic carbocycles. The van der Waals surface area contributed by atoms with Gasteiger partial charge in [-0.15, -0.1) is 0 Å². The summed E-state index contributed by atoms with van der Waals surface area (Å²) >= 11 is 0. The van der Waals surface area contributed by atoms with Gasteiger partial charge in [0.05, 0.1) is 25.2 Å². The molecule has 2 aliphatic rings. The molecule has 5 heteroatoms. The van der Waals surface area contributed by atoms with Gasteiger partial charge in [-0.05, 0) is 18.8 Å². The highest BCUT2D eigenvalue weighted by Crippen LogP contribution is 2.27. The zero-order chi connectivity index (χ0) is 12.3. The van der Waals surface area contributed by atoms with Crippen LogP contribution in [0.15, 0.2) is 0 Å². The van der Waals surface area contributed by atoms with Crippen LogP contribution in [0.3, 0.4) is 0 Å². The van der Waals surface area contributed by atoms with Crippen molar-refractivity contribution in [3.63, 3.8) is 0 Å². The third kappa shape index (κ3) is 3.66. The van der Waals surface area contributed by atoms with E-state index < -0.39 is 0 Å². The number of morpholine rings is 1.